The van der Waals surface area contributed by atoms with Gasteiger partial charge in [0, 0.05) is 43.3 Å². The second-order valence-corrected chi connectivity index (χ2v) is 10.2. The van der Waals surface area contributed by atoms with Gasteiger partial charge >= 0.3 is 0 Å². The number of nitrogens with zero attached hydrogens (tertiary/aromatic N) is 2. The lowest BCUT2D eigenvalue weighted by Crippen LogP contribution is -2.45. The molecule has 2 aliphatic rings. The van der Waals surface area contributed by atoms with Crippen LogP contribution in [0.5, 0.6) is 0 Å². The van der Waals surface area contributed by atoms with Crippen molar-refractivity contribution in [1.82, 2.24) is 9.62 Å². The van der Waals surface area contributed by atoms with Gasteiger partial charge in [-0.25, -0.2) is 13.1 Å². The summed E-state index contributed by atoms with van der Waals surface area (Å²) < 4.78 is 28.2. The summed E-state index contributed by atoms with van der Waals surface area (Å²) in [6.07, 6.45) is 2.55. The summed E-state index contributed by atoms with van der Waals surface area (Å²) in [7, 11) is -1.27. The van der Waals surface area contributed by atoms with Gasteiger partial charge in [0.1, 0.15) is 0 Å². The van der Waals surface area contributed by atoms with Crippen LogP contribution in [0.15, 0.2) is 33.9 Å². The topological polar surface area (TPSA) is 52.6 Å². The van der Waals surface area contributed by atoms with Crippen LogP contribution >= 0.6 is 11.3 Å². The zero-order valence-corrected chi connectivity index (χ0v) is 17.6. The van der Waals surface area contributed by atoms with Gasteiger partial charge in [-0.15, -0.1) is 0 Å². The van der Waals surface area contributed by atoms with E-state index in [0.29, 0.717) is 4.90 Å². The summed E-state index contributed by atoms with van der Waals surface area (Å²) in [5.41, 5.74) is 5.37. The lowest BCUT2D eigenvalue weighted by atomic mass is 9.84. The fourth-order valence-corrected chi connectivity index (χ4v) is 6.48. The Bertz CT molecular complexity index is 902. The third-order valence-electron chi connectivity index (χ3n) is 5.81. The van der Waals surface area contributed by atoms with Crippen LogP contribution in [0.3, 0.4) is 0 Å². The quantitative estimate of drug-likeness (QED) is 0.850. The molecule has 7 heteroatoms. The maximum Gasteiger partial charge on any atom is 0.241 e. The number of nitrogens with one attached hydrogen (secondary N) is 1. The molecule has 27 heavy (non-hydrogen) atoms. The number of piperazine rings is 1. The van der Waals surface area contributed by atoms with Gasteiger partial charge in [0.05, 0.1) is 4.90 Å². The molecule has 1 aromatic carbocycles. The number of anilines is 1. The van der Waals surface area contributed by atoms with Crippen molar-refractivity contribution in [2.45, 2.75) is 37.1 Å². The molecule has 5 nitrogen and oxygen atoms in total. The molecule has 1 N–H and O–H groups in total. The number of aryl methyl sites for hydroxylation is 1. The molecule has 0 unspecified atom stereocenters. The SMILES string of the molecule is Cc1ccc(N2CCN(C)CC2)c2c1CC[C@@H](NS(=O)(=O)c1ccsc1)C2. The number of rotatable bonds is 4. The van der Waals surface area contributed by atoms with Crippen LogP contribution in [0.25, 0.3) is 0 Å². The maximum atomic E-state index is 12.6. The normalized spacial score (nSPS) is 21.3. The minimum absolute atomic E-state index is 0.0459. The summed E-state index contributed by atoms with van der Waals surface area (Å²) in [5, 5.41) is 3.50. The molecule has 146 valence electrons. The molecule has 1 fully saturated rings. The molecule has 0 radical (unpaired) electrons. The molecule has 1 aliphatic carbocycles. The Morgan fingerprint density at radius 2 is 1.89 bits per heavy atom. The van der Waals surface area contributed by atoms with Gasteiger partial charge in [-0.05, 0) is 67.4 Å². The van der Waals surface area contributed by atoms with Crippen molar-refractivity contribution in [2.75, 3.05) is 38.1 Å². The van der Waals surface area contributed by atoms with E-state index in [1.165, 1.54) is 33.7 Å². The van der Waals surface area contributed by atoms with Crippen LogP contribution in [0, 0.1) is 6.92 Å². The lowest BCUT2D eigenvalue weighted by Gasteiger charge is -2.37. The fourth-order valence-electron chi connectivity index (χ4n) is 4.18. The van der Waals surface area contributed by atoms with Crippen LogP contribution in [0.2, 0.25) is 0 Å². The molecule has 0 spiro atoms. The van der Waals surface area contributed by atoms with Crippen molar-refractivity contribution in [3.05, 3.63) is 45.6 Å². The number of fused-ring (bicyclic) bond motifs is 1. The smallest absolute Gasteiger partial charge is 0.241 e. The number of hydrogen-bond donors (Lipinski definition) is 1. The third-order valence-corrected chi connectivity index (χ3v) is 8.16. The zero-order valence-electron chi connectivity index (χ0n) is 15.9. The number of likely N-dealkylation sites (N-methyl/N-ethyl adjacent to an activating group) is 1. The first kappa shape index (κ1) is 18.9. The number of sulfonamides is 1. The van der Waals surface area contributed by atoms with E-state index in [0.717, 1.165) is 45.4 Å². The molecular weight excluding hydrogens is 378 g/mol. The number of benzene rings is 1. The Hall–Kier alpha value is -1.41. The lowest BCUT2D eigenvalue weighted by molar-refractivity contribution is 0.312. The van der Waals surface area contributed by atoms with Crippen LogP contribution in [-0.4, -0.2) is 52.6 Å². The molecule has 2 aromatic rings. The third kappa shape index (κ3) is 3.92. The molecule has 0 saturated carbocycles. The minimum atomic E-state index is -3.43. The molecule has 4 rings (SSSR count). The van der Waals surface area contributed by atoms with Gasteiger partial charge < -0.3 is 9.80 Å². The molecule has 1 saturated heterocycles. The monoisotopic (exact) mass is 405 g/mol. The molecule has 1 aliphatic heterocycles. The first-order valence-corrected chi connectivity index (χ1v) is 12.0. The van der Waals surface area contributed by atoms with Gasteiger partial charge in [0.25, 0.3) is 0 Å². The molecule has 1 atom stereocenters. The first-order valence-electron chi connectivity index (χ1n) is 9.53. The van der Waals surface area contributed by atoms with Crippen molar-refractivity contribution >= 4 is 27.0 Å². The average molecular weight is 406 g/mol. The van der Waals surface area contributed by atoms with E-state index in [1.54, 1.807) is 16.8 Å². The Morgan fingerprint density at radius 1 is 1.11 bits per heavy atom. The molecule has 1 aromatic heterocycles. The van der Waals surface area contributed by atoms with Gasteiger partial charge in [0.2, 0.25) is 10.0 Å². The van der Waals surface area contributed by atoms with E-state index in [-0.39, 0.29) is 6.04 Å². The van der Waals surface area contributed by atoms with E-state index in [9.17, 15) is 8.42 Å². The molecule has 2 heterocycles. The molecular formula is C20H27N3O2S2. The summed E-state index contributed by atoms with van der Waals surface area (Å²) >= 11 is 1.41. The van der Waals surface area contributed by atoms with Gasteiger partial charge in [-0.2, -0.15) is 11.3 Å². The first-order chi connectivity index (χ1) is 12.9. The Balaban J connectivity index is 1.58. The van der Waals surface area contributed by atoms with Crippen LogP contribution in [-0.2, 0) is 22.9 Å². The highest BCUT2D eigenvalue weighted by molar-refractivity contribution is 7.89. The predicted octanol–water partition coefficient (Wildman–Crippen LogP) is 2.64. The predicted molar refractivity (Wildman–Crippen MR) is 111 cm³/mol. The Kier molecular flexibility index (Phi) is 5.29. The van der Waals surface area contributed by atoms with Crippen molar-refractivity contribution in [3.63, 3.8) is 0 Å². The minimum Gasteiger partial charge on any atom is -0.369 e. The largest absolute Gasteiger partial charge is 0.369 e. The van der Waals surface area contributed by atoms with Crippen LogP contribution in [0.1, 0.15) is 23.1 Å². The maximum absolute atomic E-state index is 12.6. The molecule has 0 amide bonds. The van der Waals surface area contributed by atoms with Crippen molar-refractivity contribution in [3.8, 4) is 0 Å². The fraction of sp³-hybridized carbons (Fsp3) is 0.500. The Morgan fingerprint density at radius 3 is 2.59 bits per heavy atom. The van der Waals surface area contributed by atoms with Gasteiger partial charge in [-0.1, -0.05) is 6.07 Å². The number of thiophene rings is 1. The van der Waals surface area contributed by atoms with E-state index in [1.807, 2.05) is 0 Å². The summed E-state index contributed by atoms with van der Waals surface area (Å²) in [4.78, 5) is 5.20. The van der Waals surface area contributed by atoms with E-state index < -0.39 is 10.0 Å². The van der Waals surface area contributed by atoms with Gasteiger partial charge in [0.15, 0.2) is 0 Å². The highest BCUT2D eigenvalue weighted by atomic mass is 32.2. The van der Waals surface area contributed by atoms with E-state index in [4.69, 9.17) is 0 Å². The van der Waals surface area contributed by atoms with Crippen LogP contribution in [0.4, 0.5) is 5.69 Å². The van der Waals surface area contributed by atoms with E-state index >= 15 is 0 Å². The summed E-state index contributed by atoms with van der Waals surface area (Å²) in [6.45, 7) is 6.35. The standard InChI is InChI=1S/C20H27N3O2S2/c1-15-3-6-20(23-10-8-22(2)9-11-23)19-13-16(4-5-18(15)19)21-27(24,25)17-7-12-26-14-17/h3,6-7,12,14,16,21H,4-5,8-11,13H2,1-2H3/t16-/m1/s1. The summed E-state index contributed by atoms with van der Waals surface area (Å²) in [5.74, 6) is 0. The Labute approximate surface area is 166 Å². The van der Waals surface area contributed by atoms with E-state index in [2.05, 4.69) is 40.6 Å². The number of hydrogen-bond acceptors (Lipinski definition) is 5. The second kappa shape index (κ2) is 7.54. The van der Waals surface area contributed by atoms with Crippen molar-refractivity contribution < 1.29 is 8.42 Å². The highest BCUT2D eigenvalue weighted by Crippen LogP contribution is 2.34. The van der Waals surface area contributed by atoms with Crippen molar-refractivity contribution in [1.29, 1.82) is 0 Å². The molecule has 0 bridgehead atoms. The van der Waals surface area contributed by atoms with Crippen LogP contribution < -0.4 is 9.62 Å². The second-order valence-electron chi connectivity index (χ2n) is 7.67. The summed E-state index contributed by atoms with van der Waals surface area (Å²) in [6, 6.07) is 6.08. The average Bonchev–Trinajstić information content (AvgIpc) is 3.18. The van der Waals surface area contributed by atoms with Gasteiger partial charge in [-0.3, -0.25) is 0 Å². The highest BCUT2D eigenvalue weighted by Gasteiger charge is 2.28. The van der Waals surface area contributed by atoms with Crippen molar-refractivity contribution in [2.24, 2.45) is 0 Å². The zero-order chi connectivity index (χ0) is 19.0.